The Hall–Kier alpha value is -3.15. The first kappa shape index (κ1) is 20.6. The van der Waals surface area contributed by atoms with Gasteiger partial charge in [-0.15, -0.1) is 0 Å². The van der Waals surface area contributed by atoms with Crippen molar-refractivity contribution in [1.82, 2.24) is 0 Å². The van der Waals surface area contributed by atoms with Crippen LogP contribution in [0.5, 0.6) is 0 Å². The second kappa shape index (κ2) is 8.47. The molecule has 1 unspecified atom stereocenters. The van der Waals surface area contributed by atoms with E-state index in [1.54, 1.807) is 23.1 Å². The predicted octanol–water partition coefficient (Wildman–Crippen LogP) is 4.07. The number of anilines is 3. The van der Waals surface area contributed by atoms with E-state index in [-0.39, 0.29) is 24.1 Å². The Bertz CT molecular complexity index is 952. The molecule has 0 spiro atoms. The van der Waals surface area contributed by atoms with Gasteiger partial charge in [0.15, 0.2) is 0 Å². The van der Waals surface area contributed by atoms with E-state index >= 15 is 0 Å². The van der Waals surface area contributed by atoms with Crippen LogP contribution in [0, 0.1) is 12.8 Å². The van der Waals surface area contributed by atoms with Crippen LogP contribution in [0.25, 0.3) is 0 Å². The third kappa shape index (κ3) is 4.65. The molecule has 1 heterocycles. The summed E-state index contributed by atoms with van der Waals surface area (Å²) in [6.07, 6.45) is 0.183. The molecule has 0 aromatic heterocycles. The van der Waals surface area contributed by atoms with Gasteiger partial charge in [0.2, 0.25) is 17.7 Å². The number of hydrogen-bond acceptors (Lipinski definition) is 3. The third-order valence-corrected chi connectivity index (χ3v) is 5.25. The first-order valence-corrected chi connectivity index (χ1v) is 9.84. The SMILES string of the molecule is CC(=O)Nc1cccc(NC(=O)C2CC(=O)N(c3cccc(C(C)C)c3)C2)c1C. The minimum absolute atomic E-state index is 0.0465. The Morgan fingerprint density at radius 2 is 1.72 bits per heavy atom. The Kier molecular flexibility index (Phi) is 6.01. The van der Waals surface area contributed by atoms with Gasteiger partial charge in [-0.3, -0.25) is 14.4 Å². The maximum atomic E-state index is 12.8. The fourth-order valence-electron chi connectivity index (χ4n) is 3.52. The molecule has 1 aliphatic heterocycles. The maximum absolute atomic E-state index is 12.8. The van der Waals surface area contributed by atoms with Crippen molar-refractivity contribution in [3.05, 3.63) is 53.6 Å². The molecule has 152 valence electrons. The molecule has 0 saturated carbocycles. The van der Waals surface area contributed by atoms with Crippen LogP contribution >= 0.6 is 0 Å². The molecule has 0 radical (unpaired) electrons. The van der Waals surface area contributed by atoms with E-state index < -0.39 is 5.92 Å². The van der Waals surface area contributed by atoms with Crippen molar-refractivity contribution in [2.45, 2.75) is 40.0 Å². The third-order valence-electron chi connectivity index (χ3n) is 5.25. The Labute approximate surface area is 171 Å². The topological polar surface area (TPSA) is 78.5 Å². The molecule has 2 aromatic rings. The molecule has 1 saturated heterocycles. The highest BCUT2D eigenvalue weighted by molar-refractivity contribution is 6.04. The smallest absolute Gasteiger partial charge is 0.229 e. The molecule has 0 aliphatic carbocycles. The molecule has 1 aliphatic rings. The van der Waals surface area contributed by atoms with E-state index in [1.165, 1.54) is 6.92 Å². The minimum Gasteiger partial charge on any atom is -0.326 e. The Morgan fingerprint density at radius 3 is 2.38 bits per heavy atom. The van der Waals surface area contributed by atoms with E-state index in [4.69, 9.17) is 0 Å². The molecule has 29 heavy (non-hydrogen) atoms. The van der Waals surface area contributed by atoms with Crippen molar-refractivity contribution < 1.29 is 14.4 Å². The van der Waals surface area contributed by atoms with Gasteiger partial charge in [0, 0.05) is 37.0 Å². The average Bonchev–Trinajstić information content (AvgIpc) is 3.06. The molecule has 2 aromatic carbocycles. The van der Waals surface area contributed by atoms with Crippen LogP contribution in [-0.2, 0) is 14.4 Å². The van der Waals surface area contributed by atoms with Gasteiger partial charge >= 0.3 is 0 Å². The van der Waals surface area contributed by atoms with Crippen LogP contribution < -0.4 is 15.5 Å². The van der Waals surface area contributed by atoms with Gasteiger partial charge in [0.1, 0.15) is 0 Å². The summed E-state index contributed by atoms with van der Waals surface area (Å²) in [4.78, 5) is 38.4. The fourth-order valence-corrected chi connectivity index (χ4v) is 3.52. The van der Waals surface area contributed by atoms with Gasteiger partial charge in [-0.25, -0.2) is 0 Å². The van der Waals surface area contributed by atoms with Crippen molar-refractivity contribution in [2.75, 3.05) is 22.1 Å². The van der Waals surface area contributed by atoms with E-state index in [2.05, 4.69) is 24.5 Å². The highest BCUT2D eigenvalue weighted by Crippen LogP contribution is 2.29. The molecule has 6 nitrogen and oxygen atoms in total. The molecule has 3 amide bonds. The quantitative estimate of drug-likeness (QED) is 0.804. The summed E-state index contributed by atoms with van der Waals surface area (Å²) in [5, 5.41) is 5.67. The van der Waals surface area contributed by atoms with E-state index in [1.807, 2.05) is 31.2 Å². The highest BCUT2D eigenvalue weighted by atomic mass is 16.2. The van der Waals surface area contributed by atoms with Gasteiger partial charge in [-0.05, 0) is 48.2 Å². The zero-order chi connectivity index (χ0) is 21.1. The number of benzene rings is 2. The summed E-state index contributed by atoms with van der Waals surface area (Å²) in [6.45, 7) is 7.86. The number of nitrogens with one attached hydrogen (secondary N) is 2. The number of hydrogen-bond donors (Lipinski definition) is 2. The largest absolute Gasteiger partial charge is 0.326 e. The summed E-state index contributed by atoms with van der Waals surface area (Å²) >= 11 is 0. The van der Waals surface area contributed by atoms with Gasteiger partial charge in [-0.1, -0.05) is 32.0 Å². The lowest BCUT2D eigenvalue weighted by Gasteiger charge is -2.19. The average molecular weight is 393 g/mol. The molecule has 3 rings (SSSR count). The molecular formula is C23H27N3O3. The maximum Gasteiger partial charge on any atom is 0.229 e. The second-order valence-corrected chi connectivity index (χ2v) is 7.80. The summed E-state index contributed by atoms with van der Waals surface area (Å²) in [6, 6.07) is 13.3. The zero-order valence-corrected chi connectivity index (χ0v) is 17.3. The second-order valence-electron chi connectivity index (χ2n) is 7.80. The van der Waals surface area contributed by atoms with Crippen molar-refractivity contribution in [2.24, 2.45) is 5.92 Å². The number of carbonyl (C=O) groups is 3. The fraction of sp³-hybridized carbons (Fsp3) is 0.348. The number of nitrogens with zero attached hydrogens (tertiary/aromatic N) is 1. The normalized spacial score (nSPS) is 16.2. The summed E-state index contributed by atoms with van der Waals surface area (Å²) in [5.74, 6) is -0.462. The van der Waals surface area contributed by atoms with Crippen molar-refractivity contribution in [1.29, 1.82) is 0 Å². The summed E-state index contributed by atoms with van der Waals surface area (Å²) < 4.78 is 0. The molecule has 6 heteroatoms. The predicted molar refractivity (Wildman–Crippen MR) is 115 cm³/mol. The Balaban J connectivity index is 1.73. The minimum atomic E-state index is -0.422. The van der Waals surface area contributed by atoms with Crippen LogP contribution in [0.15, 0.2) is 42.5 Å². The lowest BCUT2D eigenvalue weighted by Crippen LogP contribution is -2.28. The van der Waals surface area contributed by atoms with E-state index in [9.17, 15) is 14.4 Å². The van der Waals surface area contributed by atoms with E-state index in [0.717, 1.165) is 16.8 Å². The van der Waals surface area contributed by atoms with E-state index in [0.29, 0.717) is 23.8 Å². The number of amides is 3. The molecule has 1 fully saturated rings. The number of rotatable bonds is 5. The zero-order valence-electron chi connectivity index (χ0n) is 17.3. The first-order valence-electron chi connectivity index (χ1n) is 9.84. The molecule has 1 atom stereocenters. The van der Waals surface area contributed by atoms with Crippen LogP contribution in [0.1, 0.15) is 44.2 Å². The molecule has 2 N–H and O–H groups in total. The van der Waals surface area contributed by atoms with Crippen molar-refractivity contribution in [3.63, 3.8) is 0 Å². The summed E-state index contributed by atoms with van der Waals surface area (Å²) in [7, 11) is 0. The van der Waals surface area contributed by atoms with Crippen LogP contribution in [0.2, 0.25) is 0 Å². The first-order chi connectivity index (χ1) is 13.8. The van der Waals surface area contributed by atoms with Crippen molar-refractivity contribution in [3.8, 4) is 0 Å². The van der Waals surface area contributed by atoms with Crippen LogP contribution in [0.3, 0.4) is 0 Å². The van der Waals surface area contributed by atoms with Gasteiger partial charge in [0.25, 0.3) is 0 Å². The highest BCUT2D eigenvalue weighted by Gasteiger charge is 2.35. The molecular weight excluding hydrogens is 366 g/mol. The molecule has 0 bridgehead atoms. The standard InChI is InChI=1S/C23H27N3O3/c1-14(2)17-7-5-8-19(11-17)26-13-18(12-22(26)28)23(29)25-21-10-6-9-20(15(21)3)24-16(4)27/h5-11,14,18H,12-13H2,1-4H3,(H,24,27)(H,25,29). The lowest BCUT2D eigenvalue weighted by molar-refractivity contribution is -0.122. The Morgan fingerprint density at radius 1 is 1.07 bits per heavy atom. The summed E-state index contributed by atoms with van der Waals surface area (Å²) in [5.41, 5.74) is 4.06. The van der Waals surface area contributed by atoms with Crippen LogP contribution in [-0.4, -0.2) is 24.3 Å². The monoisotopic (exact) mass is 393 g/mol. The van der Waals surface area contributed by atoms with Crippen LogP contribution in [0.4, 0.5) is 17.1 Å². The lowest BCUT2D eigenvalue weighted by atomic mass is 10.0. The van der Waals surface area contributed by atoms with Gasteiger partial charge in [0.05, 0.1) is 5.92 Å². The van der Waals surface area contributed by atoms with Gasteiger partial charge < -0.3 is 15.5 Å². The number of carbonyl (C=O) groups excluding carboxylic acids is 3. The van der Waals surface area contributed by atoms with Gasteiger partial charge in [-0.2, -0.15) is 0 Å². The van der Waals surface area contributed by atoms with Crippen molar-refractivity contribution >= 4 is 34.8 Å².